The Bertz CT molecular complexity index is 1040. The molecule has 3 rings (SSSR count). The van der Waals surface area contributed by atoms with E-state index in [-0.39, 0.29) is 17.0 Å². The average Bonchev–Trinajstić information content (AvgIpc) is 2.92. The quantitative estimate of drug-likeness (QED) is 0.224. The summed E-state index contributed by atoms with van der Waals surface area (Å²) in [7, 11) is 0. The molecular formula is C20H27FN4O7. The molecular weight excluding hydrogens is 427 g/mol. The lowest BCUT2D eigenvalue weighted by atomic mass is 9.99. The third kappa shape index (κ3) is 3.90. The molecule has 1 saturated heterocycles. The SMILES string of the molecule is Cc1cccc(CN(O)[C@@]2(O)[C@H](O)[C@@H](CO)O[C@]2(O)n2c(N)c(CC(C)F)cnc2=O)c1. The zero-order valence-corrected chi connectivity index (χ0v) is 17.6. The maximum absolute atomic E-state index is 13.6. The highest BCUT2D eigenvalue weighted by molar-refractivity contribution is 5.40. The largest absolute Gasteiger partial charge is 0.394 e. The Morgan fingerprint density at radius 2 is 2.09 bits per heavy atom. The molecule has 0 spiro atoms. The summed E-state index contributed by atoms with van der Waals surface area (Å²) in [6.07, 6.45) is -4.35. The Balaban J connectivity index is 2.15. The van der Waals surface area contributed by atoms with E-state index in [1.54, 1.807) is 31.2 Å². The molecule has 0 saturated carbocycles. The molecule has 1 aromatic carbocycles. The molecule has 0 aliphatic carbocycles. The molecule has 0 amide bonds. The smallest absolute Gasteiger partial charge is 0.353 e. The van der Waals surface area contributed by atoms with Gasteiger partial charge in [-0.05, 0) is 19.4 Å². The van der Waals surface area contributed by atoms with E-state index in [2.05, 4.69) is 4.98 Å². The van der Waals surface area contributed by atoms with Crippen molar-refractivity contribution in [1.82, 2.24) is 14.6 Å². The number of ether oxygens (including phenoxy) is 1. The number of hydrogen-bond acceptors (Lipinski definition) is 10. The molecule has 5 atom stereocenters. The van der Waals surface area contributed by atoms with Crippen LogP contribution in [0.2, 0.25) is 0 Å². The number of aliphatic hydroxyl groups is 4. The van der Waals surface area contributed by atoms with Gasteiger partial charge in [-0.2, -0.15) is 0 Å². The summed E-state index contributed by atoms with van der Waals surface area (Å²) in [6.45, 7) is 1.75. The number of halogens is 1. The van der Waals surface area contributed by atoms with Crippen LogP contribution in [-0.2, 0) is 23.6 Å². The molecule has 1 aromatic heterocycles. The molecule has 0 bridgehead atoms. The first kappa shape index (κ1) is 24.2. The number of aryl methyl sites for hydroxylation is 1. The van der Waals surface area contributed by atoms with Gasteiger partial charge in [0.25, 0.3) is 0 Å². The van der Waals surface area contributed by atoms with Crippen LogP contribution < -0.4 is 11.4 Å². The summed E-state index contributed by atoms with van der Waals surface area (Å²) in [5, 5.41) is 54.0. The standard InChI is InChI=1S/C20H27FN4O7/c1-11-4-3-5-13(6-11)9-24(31)19(29)16(27)15(10-26)32-20(19,30)25-17(22)14(7-12(2)21)8-23-18(25)28/h3-6,8,12,15-16,26-27,29-31H,7,9-10,22H2,1-2H3/t12?,15-,16-,19-,20+/m1/s1. The minimum atomic E-state index is -3.19. The van der Waals surface area contributed by atoms with E-state index in [0.717, 1.165) is 11.8 Å². The fraction of sp³-hybridized carbons (Fsp3) is 0.500. The van der Waals surface area contributed by atoms with Crippen LogP contribution in [0.4, 0.5) is 10.2 Å². The van der Waals surface area contributed by atoms with Gasteiger partial charge in [0, 0.05) is 18.2 Å². The van der Waals surface area contributed by atoms with Gasteiger partial charge in [-0.3, -0.25) is 0 Å². The van der Waals surface area contributed by atoms with Crippen LogP contribution in [0.1, 0.15) is 23.6 Å². The van der Waals surface area contributed by atoms with Crippen LogP contribution in [-0.4, -0.2) is 71.0 Å². The second-order valence-corrected chi connectivity index (χ2v) is 7.94. The van der Waals surface area contributed by atoms with Crippen molar-refractivity contribution in [2.75, 3.05) is 12.3 Å². The Morgan fingerprint density at radius 1 is 1.41 bits per heavy atom. The normalized spacial score (nSPS) is 28.9. The van der Waals surface area contributed by atoms with Crippen molar-refractivity contribution in [2.45, 2.75) is 56.8 Å². The summed E-state index contributed by atoms with van der Waals surface area (Å²) >= 11 is 0. The van der Waals surface area contributed by atoms with Gasteiger partial charge in [0.2, 0.25) is 5.72 Å². The van der Waals surface area contributed by atoms with Gasteiger partial charge in [0.1, 0.15) is 24.2 Å². The number of aliphatic hydroxyl groups excluding tert-OH is 2. The first-order valence-electron chi connectivity index (χ1n) is 9.90. The van der Waals surface area contributed by atoms with Crippen molar-refractivity contribution < 1.29 is 34.8 Å². The molecule has 12 heteroatoms. The molecule has 1 unspecified atom stereocenters. The lowest BCUT2D eigenvalue weighted by Gasteiger charge is -2.42. The average molecular weight is 454 g/mol. The van der Waals surface area contributed by atoms with Crippen LogP contribution in [0.15, 0.2) is 35.3 Å². The van der Waals surface area contributed by atoms with E-state index in [1.165, 1.54) is 6.92 Å². The minimum absolute atomic E-state index is 0.0177. The fourth-order valence-electron chi connectivity index (χ4n) is 3.85. The lowest BCUT2D eigenvalue weighted by Crippen LogP contribution is -2.68. The second kappa shape index (κ2) is 8.83. The number of alkyl halides is 1. The van der Waals surface area contributed by atoms with E-state index in [1.807, 2.05) is 0 Å². The number of nitrogen functional groups attached to an aromatic ring is 1. The van der Waals surface area contributed by atoms with Gasteiger partial charge >= 0.3 is 11.6 Å². The highest BCUT2D eigenvalue weighted by atomic mass is 19.1. The van der Waals surface area contributed by atoms with Gasteiger partial charge in [0.05, 0.1) is 13.2 Å². The first-order chi connectivity index (χ1) is 15.0. The summed E-state index contributed by atoms with van der Waals surface area (Å²) < 4.78 is 19.2. The number of rotatable bonds is 7. The number of aromatic nitrogens is 2. The summed E-state index contributed by atoms with van der Waals surface area (Å²) in [5.41, 5.74) is 3.05. The zero-order valence-electron chi connectivity index (χ0n) is 17.6. The lowest BCUT2D eigenvalue weighted by molar-refractivity contribution is -0.413. The number of hydrogen-bond donors (Lipinski definition) is 6. The molecule has 1 fully saturated rings. The number of nitrogens with zero attached hydrogens (tertiary/aromatic N) is 3. The zero-order chi connectivity index (χ0) is 23.8. The molecule has 32 heavy (non-hydrogen) atoms. The monoisotopic (exact) mass is 454 g/mol. The van der Waals surface area contributed by atoms with Gasteiger partial charge in [-0.1, -0.05) is 29.8 Å². The summed E-state index contributed by atoms with van der Waals surface area (Å²) in [4.78, 5) is 16.1. The van der Waals surface area contributed by atoms with Crippen molar-refractivity contribution in [2.24, 2.45) is 0 Å². The number of anilines is 1. The molecule has 1 aliphatic heterocycles. The van der Waals surface area contributed by atoms with E-state index in [9.17, 15) is 34.8 Å². The van der Waals surface area contributed by atoms with E-state index in [4.69, 9.17) is 10.5 Å². The Morgan fingerprint density at radius 3 is 2.69 bits per heavy atom. The molecule has 176 valence electrons. The van der Waals surface area contributed by atoms with E-state index < -0.39 is 54.7 Å². The minimum Gasteiger partial charge on any atom is -0.394 e. The predicted octanol–water partition coefficient (Wildman–Crippen LogP) is -1.03. The van der Waals surface area contributed by atoms with Crippen molar-refractivity contribution in [3.8, 4) is 0 Å². The molecule has 2 heterocycles. The third-order valence-electron chi connectivity index (χ3n) is 5.44. The third-order valence-corrected chi connectivity index (χ3v) is 5.44. The van der Waals surface area contributed by atoms with Gasteiger partial charge < -0.3 is 36.1 Å². The Kier molecular flexibility index (Phi) is 6.67. The predicted molar refractivity (Wildman–Crippen MR) is 109 cm³/mol. The molecule has 7 N–H and O–H groups in total. The van der Waals surface area contributed by atoms with Crippen molar-refractivity contribution >= 4 is 5.82 Å². The highest BCUT2D eigenvalue weighted by Gasteiger charge is 2.70. The Labute approximate surface area is 182 Å². The number of hydroxylamine groups is 2. The Hall–Kier alpha value is -2.45. The van der Waals surface area contributed by atoms with E-state index in [0.29, 0.717) is 10.1 Å². The maximum atomic E-state index is 13.6. The van der Waals surface area contributed by atoms with Gasteiger partial charge in [0.15, 0.2) is 0 Å². The molecule has 1 aliphatic rings. The number of benzene rings is 1. The van der Waals surface area contributed by atoms with E-state index >= 15 is 0 Å². The highest BCUT2D eigenvalue weighted by Crippen LogP contribution is 2.44. The van der Waals surface area contributed by atoms with Gasteiger partial charge in [-0.25, -0.2) is 18.7 Å². The summed E-state index contributed by atoms with van der Waals surface area (Å²) in [5.74, 6) is -3.69. The first-order valence-corrected chi connectivity index (χ1v) is 9.90. The van der Waals surface area contributed by atoms with Gasteiger partial charge in [-0.15, -0.1) is 5.06 Å². The van der Waals surface area contributed by atoms with Crippen LogP contribution in [0.25, 0.3) is 0 Å². The summed E-state index contributed by atoms with van der Waals surface area (Å²) in [6, 6.07) is 6.80. The topological polar surface area (TPSA) is 175 Å². The van der Waals surface area contributed by atoms with Crippen LogP contribution in [0.3, 0.4) is 0 Å². The molecule has 11 nitrogen and oxygen atoms in total. The number of nitrogens with two attached hydrogens (primary N) is 1. The van der Waals surface area contributed by atoms with Crippen LogP contribution in [0, 0.1) is 6.92 Å². The van der Waals surface area contributed by atoms with Crippen molar-refractivity contribution in [3.05, 3.63) is 57.6 Å². The fourth-order valence-corrected chi connectivity index (χ4v) is 3.85. The maximum Gasteiger partial charge on any atom is 0.353 e. The van der Waals surface area contributed by atoms with Crippen LogP contribution >= 0.6 is 0 Å². The van der Waals surface area contributed by atoms with Crippen molar-refractivity contribution in [1.29, 1.82) is 0 Å². The second-order valence-electron chi connectivity index (χ2n) is 7.94. The molecule has 0 radical (unpaired) electrons. The van der Waals surface area contributed by atoms with Crippen LogP contribution in [0.5, 0.6) is 0 Å². The van der Waals surface area contributed by atoms with Crippen molar-refractivity contribution in [3.63, 3.8) is 0 Å². The molecule has 2 aromatic rings.